The average Bonchev–Trinajstić information content (AvgIpc) is 3.36. The summed E-state index contributed by atoms with van der Waals surface area (Å²) in [5.41, 5.74) is 2.51. The molecule has 5 atom stereocenters. The van der Waals surface area contributed by atoms with Gasteiger partial charge in [0.1, 0.15) is 6.04 Å². The number of carbonyl (C=O) groups is 4. The molecule has 1 saturated heterocycles. The van der Waals surface area contributed by atoms with E-state index in [1.54, 1.807) is 0 Å². The van der Waals surface area contributed by atoms with E-state index in [1.165, 1.54) is 6.92 Å². The maximum Gasteiger partial charge on any atom is 0.329 e. The Kier molecular flexibility index (Phi) is 4.92. The minimum absolute atomic E-state index is 0.253. The predicted molar refractivity (Wildman–Crippen MR) is 105 cm³/mol. The Morgan fingerprint density at radius 3 is 2.21 bits per heavy atom. The number of likely N-dealkylation sites (tertiary alicyclic amines) is 1. The second kappa shape index (κ2) is 7.28. The Bertz CT molecular complexity index is 847. The van der Waals surface area contributed by atoms with E-state index in [4.69, 9.17) is 4.74 Å². The number of hydrogen-bond acceptors (Lipinski definition) is 5. The number of ether oxygens (including phenoxy) is 1. The maximum absolute atomic E-state index is 12.8. The minimum Gasteiger partial charge on any atom is -0.454 e. The first kappa shape index (κ1) is 19.6. The SMILES string of the molecule is Cc1cccc(C)c1NC(=O)COC(=O)[C@H](C)N1C(=O)[C@@H]2[C@H]3CC[C@@H](C3)[C@H]2C1=O. The van der Waals surface area contributed by atoms with E-state index in [-0.39, 0.29) is 35.5 Å². The topological polar surface area (TPSA) is 92.8 Å². The monoisotopic (exact) mass is 398 g/mol. The number of nitrogens with one attached hydrogen (secondary N) is 1. The lowest BCUT2D eigenvalue weighted by atomic mass is 9.81. The molecule has 2 aliphatic carbocycles. The molecule has 2 bridgehead atoms. The zero-order valence-corrected chi connectivity index (χ0v) is 16.9. The van der Waals surface area contributed by atoms with Gasteiger partial charge in [0.2, 0.25) is 11.8 Å². The summed E-state index contributed by atoms with van der Waals surface area (Å²) in [4.78, 5) is 51.4. The number of anilines is 1. The van der Waals surface area contributed by atoms with Crippen molar-refractivity contribution in [3.63, 3.8) is 0 Å². The lowest BCUT2D eigenvalue weighted by Crippen LogP contribution is -2.45. The van der Waals surface area contributed by atoms with Crippen molar-refractivity contribution in [3.05, 3.63) is 29.3 Å². The molecule has 1 aliphatic heterocycles. The van der Waals surface area contributed by atoms with Crippen molar-refractivity contribution >= 4 is 29.4 Å². The molecule has 1 aromatic carbocycles. The van der Waals surface area contributed by atoms with Crippen molar-refractivity contribution in [2.45, 2.75) is 46.1 Å². The lowest BCUT2D eigenvalue weighted by molar-refractivity contribution is -0.159. The van der Waals surface area contributed by atoms with Crippen LogP contribution in [-0.4, -0.2) is 41.2 Å². The summed E-state index contributed by atoms with van der Waals surface area (Å²) in [5, 5.41) is 2.75. The molecule has 154 valence electrons. The van der Waals surface area contributed by atoms with E-state index >= 15 is 0 Å². The smallest absolute Gasteiger partial charge is 0.329 e. The van der Waals surface area contributed by atoms with Gasteiger partial charge in [0.25, 0.3) is 5.91 Å². The number of imide groups is 1. The predicted octanol–water partition coefficient (Wildman–Crippen LogP) is 2.20. The number of rotatable bonds is 5. The summed E-state index contributed by atoms with van der Waals surface area (Å²) in [6.45, 7) is 4.78. The van der Waals surface area contributed by atoms with Crippen LogP contribution in [0, 0.1) is 37.5 Å². The Hall–Kier alpha value is -2.70. The highest BCUT2D eigenvalue weighted by Crippen LogP contribution is 2.56. The zero-order valence-electron chi connectivity index (χ0n) is 16.9. The molecule has 0 aromatic heterocycles. The first-order chi connectivity index (χ1) is 13.8. The molecule has 3 aliphatic rings. The summed E-state index contributed by atoms with van der Waals surface area (Å²) >= 11 is 0. The van der Waals surface area contributed by atoms with Gasteiger partial charge in [-0.05, 0) is 63.0 Å². The number of esters is 1. The van der Waals surface area contributed by atoms with Crippen LogP contribution >= 0.6 is 0 Å². The molecule has 4 rings (SSSR count). The van der Waals surface area contributed by atoms with Crippen molar-refractivity contribution in [1.29, 1.82) is 0 Å². The molecular formula is C22H26N2O5. The molecule has 7 heteroatoms. The molecule has 1 aromatic rings. The second-order valence-corrected chi connectivity index (χ2v) is 8.53. The van der Waals surface area contributed by atoms with E-state index in [1.807, 2.05) is 32.0 Å². The van der Waals surface area contributed by atoms with Gasteiger partial charge in [0.05, 0.1) is 11.8 Å². The molecule has 1 N–H and O–H groups in total. The van der Waals surface area contributed by atoms with E-state index < -0.39 is 24.5 Å². The van der Waals surface area contributed by atoms with Crippen LogP contribution in [0.1, 0.15) is 37.3 Å². The lowest BCUT2D eigenvalue weighted by Gasteiger charge is -2.23. The largest absolute Gasteiger partial charge is 0.454 e. The van der Waals surface area contributed by atoms with Gasteiger partial charge in [0, 0.05) is 5.69 Å². The molecule has 7 nitrogen and oxygen atoms in total. The van der Waals surface area contributed by atoms with Gasteiger partial charge >= 0.3 is 5.97 Å². The second-order valence-electron chi connectivity index (χ2n) is 8.53. The van der Waals surface area contributed by atoms with E-state index in [0.29, 0.717) is 5.69 Å². The first-order valence-corrected chi connectivity index (χ1v) is 10.2. The fourth-order valence-electron chi connectivity index (χ4n) is 5.36. The molecule has 0 radical (unpaired) electrons. The summed E-state index contributed by atoms with van der Waals surface area (Å²) in [5.74, 6) is -1.73. The van der Waals surface area contributed by atoms with Crippen LogP contribution in [0.25, 0.3) is 0 Å². The third kappa shape index (κ3) is 3.22. The fraction of sp³-hybridized carbons (Fsp3) is 0.545. The number of hydrogen-bond donors (Lipinski definition) is 1. The first-order valence-electron chi connectivity index (χ1n) is 10.2. The van der Waals surface area contributed by atoms with Crippen LogP contribution in [0.15, 0.2) is 18.2 Å². The Morgan fingerprint density at radius 2 is 1.66 bits per heavy atom. The van der Waals surface area contributed by atoms with Gasteiger partial charge in [-0.2, -0.15) is 0 Å². The normalized spacial score (nSPS) is 28.4. The molecule has 0 spiro atoms. The van der Waals surface area contributed by atoms with E-state index in [9.17, 15) is 19.2 Å². The summed E-state index contributed by atoms with van der Waals surface area (Å²) in [6, 6.07) is 4.64. The molecule has 29 heavy (non-hydrogen) atoms. The molecule has 3 amide bonds. The average molecular weight is 398 g/mol. The third-order valence-electron chi connectivity index (χ3n) is 6.78. The van der Waals surface area contributed by atoms with Crippen molar-refractivity contribution in [3.8, 4) is 0 Å². The van der Waals surface area contributed by atoms with Crippen LogP contribution < -0.4 is 5.32 Å². The minimum atomic E-state index is -1.02. The number of nitrogens with zero attached hydrogens (tertiary/aromatic N) is 1. The molecule has 2 saturated carbocycles. The number of fused-ring (bicyclic) bond motifs is 5. The van der Waals surface area contributed by atoms with Gasteiger partial charge in [-0.1, -0.05) is 18.2 Å². The van der Waals surface area contributed by atoms with Crippen molar-refractivity contribution in [2.75, 3.05) is 11.9 Å². The summed E-state index contributed by atoms with van der Waals surface area (Å²) < 4.78 is 5.12. The Morgan fingerprint density at radius 1 is 1.10 bits per heavy atom. The maximum atomic E-state index is 12.8. The zero-order chi connectivity index (χ0) is 20.9. The number of aryl methyl sites for hydroxylation is 2. The Balaban J connectivity index is 1.36. The summed E-state index contributed by atoms with van der Waals surface area (Å²) in [7, 11) is 0. The quantitative estimate of drug-likeness (QED) is 0.606. The molecule has 3 fully saturated rings. The van der Waals surface area contributed by atoms with Gasteiger partial charge < -0.3 is 10.1 Å². The fourth-order valence-corrected chi connectivity index (χ4v) is 5.36. The van der Waals surface area contributed by atoms with Crippen molar-refractivity contribution in [2.24, 2.45) is 23.7 Å². The molecule has 1 heterocycles. The van der Waals surface area contributed by atoms with Gasteiger partial charge in [-0.25, -0.2) is 4.79 Å². The van der Waals surface area contributed by atoms with Crippen molar-refractivity contribution in [1.82, 2.24) is 4.90 Å². The van der Waals surface area contributed by atoms with Crippen LogP contribution in [0.2, 0.25) is 0 Å². The highest BCUT2D eigenvalue weighted by atomic mass is 16.5. The number of amides is 3. The highest BCUT2D eigenvalue weighted by Gasteiger charge is 2.62. The standard InChI is InChI=1S/C22H26N2O5/c1-11-5-4-6-12(2)19(11)23-16(25)10-29-22(28)13(3)24-20(26)17-14-7-8-15(9-14)18(17)21(24)27/h4-6,13-15,17-18H,7-10H2,1-3H3,(H,23,25)/t13-,14-,15-,17+,18+/m0/s1. The van der Waals surface area contributed by atoms with Gasteiger partial charge in [0.15, 0.2) is 6.61 Å². The number of carbonyl (C=O) groups excluding carboxylic acids is 4. The number of para-hydroxylation sites is 1. The number of benzene rings is 1. The molecule has 0 unspecified atom stereocenters. The summed E-state index contributed by atoms with van der Waals surface area (Å²) in [6.07, 6.45) is 2.91. The Labute approximate surface area is 169 Å². The van der Waals surface area contributed by atoms with Gasteiger partial charge in [-0.15, -0.1) is 0 Å². The van der Waals surface area contributed by atoms with Crippen LogP contribution in [-0.2, 0) is 23.9 Å². The molecular weight excluding hydrogens is 372 g/mol. The van der Waals surface area contributed by atoms with Crippen molar-refractivity contribution < 1.29 is 23.9 Å². The van der Waals surface area contributed by atoms with Crippen LogP contribution in [0.3, 0.4) is 0 Å². The van der Waals surface area contributed by atoms with Crippen LogP contribution in [0.5, 0.6) is 0 Å². The van der Waals surface area contributed by atoms with Gasteiger partial charge in [-0.3, -0.25) is 19.3 Å². The highest BCUT2D eigenvalue weighted by molar-refractivity contribution is 6.08. The third-order valence-corrected chi connectivity index (χ3v) is 6.78. The van der Waals surface area contributed by atoms with E-state index in [2.05, 4.69) is 5.32 Å². The van der Waals surface area contributed by atoms with Crippen LogP contribution in [0.4, 0.5) is 5.69 Å². The van der Waals surface area contributed by atoms with E-state index in [0.717, 1.165) is 35.3 Å².